The molecule has 0 spiro atoms. The van der Waals surface area contributed by atoms with Gasteiger partial charge in [-0.15, -0.1) is 0 Å². The molecule has 2 aromatic rings. The summed E-state index contributed by atoms with van der Waals surface area (Å²) in [5.74, 6) is 0. The highest BCUT2D eigenvalue weighted by molar-refractivity contribution is 5.14. The number of hydrogen-bond donors (Lipinski definition) is 2. The van der Waals surface area contributed by atoms with E-state index in [-0.39, 0.29) is 6.10 Å². The summed E-state index contributed by atoms with van der Waals surface area (Å²) in [5.41, 5.74) is 2.59. The fraction of sp³-hybridized carbons (Fsp3) is 0.444. The Labute approximate surface area is 132 Å². The first-order valence-electron chi connectivity index (χ1n) is 8.11. The van der Waals surface area contributed by atoms with Crippen molar-refractivity contribution in [3.05, 3.63) is 59.9 Å². The van der Waals surface area contributed by atoms with Gasteiger partial charge in [-0.25, -0.2) is 0 Å². The maximum Gasteiger partial charge on any atom is 0.0826 e. The molecular weight excluding hydrogens is 274 g/mol. The molecule has 1 aliphatic rings. The van der Waals surface area contributed by atoms with Crippen LogP contribution in [0.3, 0.4) is 0 Å². The zero-order valence-corrected chi connectivity index (χ0v) is 13.0. The van der Waals surface area contributed by atoms with E-state index in [0.717, 1.165) is 45.8 Å². The average molecular weight is 299 g/mol. The molecule has 4 heteroatoms. The average Bonchev–Trinajstić information content (AvgIpc) is 2.96. The third kappa shape index (κ3) is 4.70. The normalized spacial score (nSPS) is 19.9. The first-order valence-corrected chi connectivity index (χ1v) is 8.11. The minimum absolute atomic E-state index is 0.265. The van der Waals surface area contributed by atoms with Gasteiger partial charge in [0, 0.05) is 51.2 Å². The molecule has 4 nitrogen and oxygen atoms in total. The maximum atomic E-state index is 5.98. The molecule has 0 radical (unpaired) electrons. The quantitative estimate of drug-likeness (QED) is 0.860. The monoisotopic (exact) mass is 299 g/mol. The molecule has 118 valence electrons. The van der Waals surface area contributed by atoms with Gasteiger partial charge in [0.2, 0.25) is 0 Å². The minimum atomic E-state index is 0.265. The number of nitrogens with one attached hydrogen (secondary N) is 2. The van der Waals surface area contributed by atoms with Gasteiger partial charge in [0.05, 0.1) is 6.10 Å². The second-order valence-electron chi connectivity index (χ2n) is 5.89. The summed E-state index contributed by atoms with van der Waals surface area (Å²) in [6.45, 7) is 5.74. The number of H-pyrrole nitrogens is 1. The molecule has 2 N–H and O–H groups in total. The molecule has 0 unspecified atom stereocenters. The largest absolute Gasteiger partial charge is 0.376 e. The van der Waals surface area contributed by atoms with Gasteiger partial charge in [-0.3, -0.25) is 4.90 Å². The van der Waals surface area contributed by atoms with Crippen LogP contribution in [0.15, 0.2) is 48.7 Å². The zero-order valence-electron chi connectivity index (χ0n) is 13.0. The van der Waals surface area contributed by atoms with Crippen LogP contribution in [-0.4, -0.2) is 42.2 Å². The maximum absolute atomic E-state index is 5.98. The summed E-state index contributed by atoms with van der Waals surface area (Å²) >= 11 is 0. The van der Waals surface area contributed by atoms with Crippen LogP contribution in [0.5, 0.6) is 0 Å². The van der Waals surface area contributed by atoms with E-state index in [0.29, 0.717) is 0 Å². The van der Waals surface area contributed by atoms with Gasteiger partial charge in [0.15, 0.2) is 0 Å². The van der Waals surface area contributed by atoms with E-state index in [1.165, 1.54) is 11.3 Å². The Morgan fingerprint density at radius 2 is 2.09 bits per heavy atom. The molecule has 1 saturated heterocycles. The lowest BCUT2D eigenvalue weighted by Gasteiger charge is -2.24. The van der Waals surface area contributed by atoms with E-state index in [1.807, 2.05) is 12.3 Å². The third-order valence-corrected chi connectivity index (χ3v) is 4.03. The highest BCUT2D eigenvalue weighted by atomic mass is 16.5. The summed E-state index contributed by atoms with van der Waals surface area (Å²) in [5, 5.41) is 3.49. The molecule has 1 aliphatic heterocycles. The number of hydrogen-bond acceptors (Lipinski definition) is 3. The first-order chi connectivity index (χ1) is 10.9. The Morgan fingerprint density at radius 1 is 1.18 bits per heavy atom. The molecule has 0 aliphatic carbocycles. The van der Waals surface area contributed by atoms with E-state index in [9.17, 15) is 0 Å². The number of aromatic nitrogens is 1. The summed E-state index contributed by atoms with van der Waals surface area (Å²) in [6.07, 6.45) is 3.34. The molecule has 22 heavy (non-hydrogen) atoms. The molecule has 3 rings (SSSR count). The lowest BCUT2D eigenvalue weighted by atomic mass is 10.2. The van der Waals surface area contributed by atoms with Gasteiger partial charge in [0.25, 0.3) is 0 Å². The van der Waals surface area contributed by atoms with Crippen LogP contribution in [-0.2, 0) is 17.8 Å². The van der Waals surface area contributed by atoms with Crippen molar-refractivity contribution in [1.82, 2.24) is 15.2 Å². The van der Waals surface area contributed by atoms with E-state index in [4.69, 9.17) is 4.74 Å². The predicted molar refractivity (Wildman–Crippen MR) is 88.6 cm³/mol. The molecule has 0 bridgehead atoms. The number of rotatable bonds is 6. The molecule has 0 saturated carbocycles. The highest BCUT2D eigenvalue weighted by Crippen LogP contribution is 2.10. The Morgan fingerprint density at radius 3 is 2.91 bits per heavy atom. The Hall–Kier alpha value is -1.62. The standard InChI is InChI=1S/C18H25N3O/c1-2-6-16(7-3-1)14-21-10-5-11-22-18(15-21)13-19-12-17-8-4-9-20-17/h1-4,6-9,18-20H,5,10-15H2/t18-/m1/s1. The summed E-state index contributed by atoms with van der Waals surface area (Å²) in [6, 6.07) is 14.8. The summed E-state index contributed by atoms with van der Waals surface area (Å²) in [7, 11) is 0. The van der Waals surface area contributed by atoms with Crippen molar-refractivity contribution >= 4 is 0 Å². The Bertz CT molecular complexity index is 527. The fourth-order valence-corrected chi connectivity index (χ4v) is 2.92. The van der Waals surface area contributed by atoms with Crippen LogP contribution in [0.1, 0.15) is 17.7 Å². The molecule has 0 amide bonds. The smallest absolute Gasteiger partial charge is 0.0826 e. The minimum Gasteiger partial charge on any atom is -0.376 e. The van der Waals surface area contributed by atoms with Crippen LogP contribution >= 0.6 is 0 Å². The lowest BCUT2D eigenvalue weighted by molar-refractivity contribution is 0.0532. The van der Waals surface area contributed by atoms with Crippen LogP contribution in [0.25, 0.3) is 0 Å². The molecule has 1 aromatic heterocycles. The number of aromatic amines is 1. The van der Waals surface area contributed by atoms with E-state index in [2.05, 4.69) is 51.6 Å². The fourth-order valence-electron chi connectivity index (χ4n) is 2.92. The van der Waals surface area contributed by atoms with Gasteiger partial charge in [0.1, 0.15) is 0 Å². The van der Waals surface area contributed by atoms with Crippen LogP contribution in [0.4, 0.5) is 0 Å². The lowest BCUT2D eigenvalue weighted by Crippen LogP contribution is -2.37. The summed E-state index contributed by atoms with van der Waals surface area (Å²) < 4.78 is 5.98. The van der Waals surface area contributed by atoms with E-state index < -0.39 is 0 Å². The Kier molecular flexibility index (Phi) is 5.65. The van der Waals surface area contributed by atoms with Crippen molar-refractivity contribution in [2.75, 3.05) is 26.2 Å². The number of ether oxygens (including phenoxy) is 1. The van der Waals surface area contributed by atoms with Gasteiger partial charge < -0.3 is 15.0 Å². The van der Waals surface area contributed by atoms with Crippen molar-refractivity contribution in [3.63, 3.8) is 0 Å². The van der Waals surface area contributed by atoms with Crippen molar-refractivity contribution in [2.45, 2.75) is 25.6 Å². The molecule has 1 atom stereocenters. The van der Waals surface area contributed by atoms with Crippen molar-refractivity contribution in [1.29, 1.82) is 0 Å². The van der Waals surface area contributed by atoms with Crippen molar-refractivity contribution in [2.24, 2.45) is 0 Å². The third-order valence-electron chi connectivity index (χ3n) is 4.03. The van der Waals surface area contributed by atoms with Gasteiger partial charge in [-0.1, -0.05) is 30.3 Å². The first kappa shape index (κ1) is 15.3. The predicted octanol–water partition coefficient (Wildman–Crippen LogP) is 2.40. The molecular formula is C18H25N3O. The Balaban J connectivity index is 1.47. The van der Waals surface area contributed by atoms with Gasteiger partial charge in [-0.2, -0.15) is 0 Å². The topological polar surface area (TPSA) is 40.3 Å². The molecule has 2 heterocycles. The molecule has 1 aromatic carbocycles. The summed E-state index contributed by atoms with van der Waals surface area (Å²) in [4.78, 5) is 5.72. The van der Waals surface area contributed by atoms with Gasteiger partial charge in [-0.05, 0) is 24.1 Å². The van der Waals surface area contributed by atoms with E-state index >= 15 is 0 Å². The number of nitrogens with zero attached hydrogens (tertiary/aromatic N) is 1. The van der Waals surface area contributed by atoms with Crippen LogP contribution in [0, 0.1) is 0 Å². The molecule has 1 fully saturated rings. The van der Waals surface area contributed by atoms with Crippen molar-refractivity contribution < 1.29 is 4.74 Å². The van der Waals surface area contributed by atoms with Crippen molar-refractivity contribution in [3.8, 4) is 0 Å². The zero-order chi connectivity index (χ0) is 15.0. The van der Waals surface area contributed by atoms with E-state index in [1.54, 1.807) is 0 Å². The second-order valence-corrected chi connectivity index (χ2v) is 5.89. The van der Waals surface area contributed by atoms with Gasteiger partial charge >= 0.3 is 0 Å². The van der Waals surface area contributed by atoms with Crippen LogP contribution in [0.2, 0.25) is 0 Å². The highest BCUT2D eigenvalue weighted by Gasteiger charge is 2.18. The van der Waals surface area contributed by atoms with Crippen LogP contribution < -0.4 is 5.32 Å². The number of benzene rings is 1. The SMILES string of the molecule is c1ccc(CN2CCCO[C@H](CNCc3ccc[nH]3)C2)cc1. The second kappa shape index (κ2) is 8.13.